The summed E-state index contributed by atoms with van der Waals surface area (Å²) in [4.78, 5) is 48.8. The molecule has 2 amide bonds. The maximum atomic E-state index is 12.1. The molecule has 1 fully saturated rings. The minimum Gasteiger partial charge on any atom is -0.456 e. The van der Waals surface area contributed by atoms with E-state index in [1.807, 2.05) is 0 Å². The molecule has 1 saturated heterocycles. The zero-order chi connectivity index (χ0) is 20.5. The molecule has 1 aromatic rings. The van der Waals surface area contributed by atoms with Gasteiger partial charge < -0.3 is 19.9 Å². The van der Waals surface area contributed by atoms with Gasteiger partial charge in [-0.2, -0.15) is 0 Å². The molecule has 0 radical (unpaired) electrons. The van der Waals surface area contributed by atoms with Gasteiger partial charge in [-0.1, -0.05) is 12.1 Å². The van der Waals surface area contributed by atoms with Gasteiger partial charge in [-0.15, -0.1) is 0 Å². The normalized spacial score (nSPS) is 13.8. The van der Waals surface area contributed by atoms with Gasteiger partial charge in [-0.05, 0) is 12.5 Å². The second-order valence-electron chi connectivity index (χ2n) is 6.35. The first-order chi connectivity index (χ1) is 13.4. The van der Waals surface area contributed by atoms with Crippen LogP contribution in [0.15, 0.2) is 24.3 Å². The van der Waals surface area contributed by atoms with Gasteiger partial charge >= 0.3 is 5.97 Å². The first-order valence-electron chi connectivity index (χ1n) is 9.04. The molecule has 0 atom stereocenters. The van der Waals surface area contributed by atoms with Crippen molar-refractivity contribution in [2.45, 2.75) is 19.8 Å². The predicted octanol–water partition coefficient (Wildman–Crippen LogP) is 1.02. The average molecular weight is 392 g/mol. The highest BCUT2D eigenvalue weighted by Gasteiger charge is 2.23. The molecule has 1 aromatic carbocycles. The third-order valence-electron chi connectivity index (χ3n) is 4.41. The number of rotatable bonds is 8. The zero-order valence-electron chi connectivity index (χ0n) is 15.8. The topological polar surface area (TPSA) is 122 Å². The molecule has 1 aliphatic heterocycles. The Balaban J connectivity index is 1.63. The molecule has 1 N–H and O–H groups in total. The first-order valence-corrected chi connectivity index (χ1v) is 9.04. The maximum absolute atomic E-state index is 12.1. The van der Waals surface area contributed by atoms with E-state index in [1.165, 1.54) is 13.0 Å². The Morgan fingerprint density at radius 1 is 1.14 bits per heavy atom. The van der Waals surface area contributed by atoms with Crippen LogP contribution in [-0.4, -0.2) is 71.8 Å². The minimum atomic E-state index is -0.500. The van der Waals surface area contributed by atoms with Crippen molar-refractivity contribution in [3.8, 4) is 0 Å². The van der Waals surface area contributed by atoms with E-state index in [0.717, 1.165) is 0 Å². The predicted molar refractivity (Wildman–Crippen MR) is 101 cm³/mol. The molecule has 0 bridgehead atoms. The summed E-state index contributed by atoms with van der Waals surface area (Å²) in [6.07, 6.45) is 0.509. The summed E-state index contributed by atoms with van der Waals surface area (Å²) >= 11 is 0. The fraction of sp³-hybridized carbons (Fsp3) is 0.500. The molecule has 0 spiro atoms. The Kier molecular flexibility index (Phi) is 7.73. The Morgan fingerprint density at radius 2 is 1.79 bits per heavy atom. The molecule has 1 heterocycles. The van der Waals surface area contributed by atoms with Crippen LogP contribution in [0.2, 0.25) is 0 Å². The van der Waals surface area contributed by atoms with Crippen molar-refractivity contribution < 1.29 is 24.0 Å². The molecular formula is C18H24N4O6. The summed E-state index contributed by atoms with van der Waals surface area (Å²) in [5.74, 6) is -0.803. The number of piperazine rings is 1. The minimum absolute atomic E-state index is 0.0204. The summed E-state index contributed by atoms with van der Waals surface area (Å²) in [6, 6.07) is 6.27. The van der Waals surface area contributed by atoms with Crippen molar-refractivity contribution in [3.63, 3.8) is 0 Å². The number of esters is 1. The lowest BCUT2D eigenvalue weighted by atomic mass is 10.2. The van der Waals surface area contributed by atoms with E-state index < -0.39 is 10.9 Å². The Hall–Kier alpha value is -3.17. The second-order valence-corrected chi connectivity index (χ2v) is 6.35. The lowest BCUT2D eigenvalue weighted by Gasteiger charge is -2.34. The largest absolute Gasteiger partial charge is 0.456 e. The van der Waals surface area contributed by atoms with Gasteiger partial charge in [0.25, 0.3) is 11.6 Å². The van der Waals surface area contributed by atoms with E-state index in [2.05, 4.69) is 5.32 Å². The van der Waals surface area contributed by atoms with Crippen molar-refractivity contribution in [3.05, 3.63) is 34.4 Å². The Morgan fingerprint density at radius 3 is 2.43 bits per heavy atom. The van der Waals surface area contributed by atoms with Gasteiger partial charge in [-0.3, -0.25) is 24.5 Å². The van der Waals surface area contributed by atoms with Crippen LogP contribution < -0.4 is 5.32 Å². The van der Waals surface area contributed by atoms with Crippen molar-refractivity contribution in [2.75, 3.05) is 44.6 Å². The monoisotopic (exact) mass is 392 g/mol. The molecular weight excluding hydrogens is 368 g/mol. The van der Waals surface area contributed by atoms with Gasteiger partial charge in [0.05, 0.1) is 4.92 Å². The number of nitro groups is 1. The number of benzene rings is 1. The number of amides is 2. The van der Waals surface area contributed by atoms with Crippen LogP contribution in [-0.2, 0) is 19.1 Å². The summed E-state index contributed by atoms with van der Waals surface area (Å²) in [7, 11) is 0. The molecule has 1 aliphatic rings. The molecule has 152 valence electrons. The average Bonchev–Trinajstić information content (AvgIpc) is 2.69. The van der Waals surface area contributed by atoms with E-state index in [0.29, 0.717) is 44.8 Å². The summed E-state index contributed by atoms with van der Waals surface area (Å²) in [6.45, 7) is 3.34. The quantitative estimate of drug-likeness (QED) is 0.303. The molecule has 2 rings (SSSR count). The van der Waals surface area contributed by atoms with E-state index in [9.17, 15) is 24.5 Å². The number of carbonyl (C=O) groups excluding carboxylic acids is 3. The van der Waals surface area contributed by atoms with Crippen LogP contribution in [0, 0.1) is 10.1 Å². The highest BCUT2D eigenvalue weighted by molar-refractivity contribution is 5.81. The van der Waals surface area contributed by atoms with Crippen molar-refractivity contribution in [1.29, 1.82) is 0 Å². The smallest absolute Gasteiger partial charge is 0.306 e. The maximum Gasteiger partial charge on any atom is 0.306 e. The van der Waals surface area contributed by atoms with Crippen LogP contribution in [0.3, 0.4) is 0 Å². The molecule has 0 unspecified atom stereocenters. The number of para-hydroxylation sites is 2. The van der Waals surface area contributed by atoms with E-state index >= 15 is 0 Å². The van der Waals surface area contributed by atoms with E-state index in [1.54, 1.807) is 28.0 Å². The molecule has 10 nitrogen and oxygen atoms in total. The molecule has 0 saturated carbocycles. The van der Waals surface area contributed by atoms with Crippen LogP contribution in [0.4, 0.5) is 11.4 Å². The third-order valence-corrected chi connectivity index (χ3v) is 4.41. The second kappa shape index (κ2) is 10.2. The SMILES string of the molecule is CC(=O)N1CCN(C(=O)COC(=O)CCCNc2ccccc2[N+](=O)[O-])CC1. The lowest BCUT2D eigenvalue weighted by Crippen LogP contribution is -2.51. The standard InChI is InChI=1S/C18H24N4O6/c1-14(23)20-9-11-21(12-10-20)17(24)13-28-18(25)7-4-8-19-15-5-2-3-6-16(15)22(26)27/h2-3,5-6,19H,4,7-13H2,1H3. The molecule has 28 heavy (non-hydrogen) atoms. The van der Waals surface area contributed by atoms with Gasteiger partial charge in [0, 0.05) is 52.1 Å². The van der Waals surface area contributed by atoms with Crippen LogP contribution in [0.1, 0.15) is 19.8 Å². The molecule has 0 aromatic heterocycles. The molecule has 0 aliphatic carbocycles. The van der Waals surface area contributed by atoms with E-state index in [4.69, 9.17) is 4.74 Å². The number of nitrogens with one attached hydrogen (secondary N) is 1. The Labute approximate surface area is 162 Å². The Bertz CT molecular complexity index is 731. The number of hydrogen-bond acceptors (Lipinski definition) is 7. The highest BCUT2D eigenvalue weighted by Crippen LogP contribution is 2.22. The van der Waals surface area contributed by atoms with Crippen LogP contribution in [0.25, 0.3) is 0 Å². The molecule has 10 heteroatoms. The van der Waals surface area contributed by atoms with Crippen LogP contribution >= 0.6 is 0 Å². The van der Waals surface area contributed by atoms with Gasteiger partial charge in [0.2, 0.25) is 5.91 Å². The lowest BCUT2D eigenvalue weighted by molar-refractivity contribution is -0.384. The first kappa shape index (κ1) is 21.1. The number of ether oxygens (including phenoxy) is 1. The summed E-state index contributed by atoms with van der Waals surface area (Å²) < 4.78 is 5.00. The van der Waals surface area contributed by atoms with E-state index in [-0.39, 0.29) is 30.5 Å². The highest BCUT2D eigenvalue weighted by atomic mass is 16.6. The zero-order valence-corrected chi connectivity index (χ0v) is 15.8. The van der Waals surface area contributed by atoms with Gasteiger partial charge in [0.15, 0.2) is 6.61 Å². The number of carbonyl (C=O) groups is 3. The summed E-state index contributed by atoms with van der Waals surface area (Å²) in [5, 5.41) is 13.9. The number of nitrogens with zero attached hydrogens (tertiary/aromatic N) is 3. The van der Waals surface area contributed by atoms with Crippen molar-refractivity contribution >= 4 is 29.2 Å². The fourth-order valence-corrected chi connectivity index (χ4v) is 2.81. The van der Waals surface area contributed by atoms with Crippen LogP contribution in [0.5, 0.6) is 0 Å². The summed E-state index contributed by atoms with van der Waals surface area (Å²) in [5.41, 5.74) is 0.362. The van der Waals surface area contributed by atoms with Crippen molar-refractivity contribution in [1.82, 2.24) is 9.80 Å². The van der Waals surface area contributed by atoms with Gasteiger partial charge in [-0.25, -0.2) is 0 Å². The van der Waals surface area contributed by atoms with Crippen molar-refractivity contribution in [2.24, 2.45) is 0 Å². The third kappa shape index (κ3) is 6.22. The number of anilines is 1. The fourth-order valence-electron chi connectivity index (χ4n) is 2.81. The number of nitro benzene ring substituents is 1. The number of hydrogen-bond donors (Lipinski definition) is 1. The van der Waals surface area contributed by atoms with Gasteiger partial charge in [0.1, 0.15) is 5.69 Å².